The number of nitrogens with zero attached hydrogens (tertiary/aromatic N) is 2. The Balaban J connectivity index is 2.26. The van der Waals surface area contributed by atoms with E-state index in [1.54, 1.807) is 7.11 Å². The van der Waals surface area contributed by atoms with Gasteiger partial charge in [-0.15, -0.1) is 0 Å². The highest BCUT2D eigenvalue weighted by Crippen LogP contribution is 2.32. The number of nitrogens with two attached hydrogens (primary N) is 1. The molecule has 0 radical (unpaired) electrons. The van der Waals surface area contributed by atoms with Gasteiger partial charge >= 0.3 is 0 Å². The number of rotatable bonds is 4. The lowest BCUT2D eigenvalue weighted by Gasteiger charge is -2.22. The number of ether oxygens (including phenoxy) is 1. The van der Waals surface area contributed by atoms with Crippen LogP contribution in [0, 0.1) is 0 Å². The lowest BCUT2D eigenvalue weighted by Crippen LogP contribution is -2.26. The first-order chi connectivity index (χ1) is 7.26. The predicted molar refractivity (Wildman–Crippen MR) is 61.2 cm³/mol. The minimum Gasteiger partial charge on any atom is -0.479 e. The number of pyridine rings is 1. The van der Waals surface area contributed by atoms with Crippen LogP contribution in [0.25, 0.3) is 0 Å². The summed E-state index contributed by atoms with van der Waals surface area (Å²) in [4.78, 5) is 6.70. The zero-order chi connectivity index (χ0) is 10.8. The van der Waals surface area contributed by atoms with Gasteiger partial charge in [0.05, 0.1) is 12.8 Å². The zero-order valence-electron chi connectivity index (χ0n) is 9.23. The van der Waals surface area contributed by atoms with Gasteiger partial charge < -0.3 is 15.4 Å². The number of anilines is 2. The molecular formula is C11H17N3O. The van der Waals surface area contributed by atoms with Gasteiger partial charge in [-0.25, -0.2) is 0 Å². The molecule has 0 unspecified atom stereocenters. The molecule has 0 saturated heterocycles. The van der Waals surface area contributed by atoms with Gasteiger partial charge in [0.2, 0.25) is 5.88 Å². The van der Waals surface area contributed by atoms with E-state index in [-0.39, 0.29) is 0 Å². The summed E-state index contributed by atoms with van der Waals surface area (Å²) in [7, 11) is 1.59. The molecule has 1 aliphatic carbocycles. The Morgan fingerprint density at radius 2 is 2.27 bits per heavy atom. The Morgan fingerprint density at radius 3 is 2.80 bits per heavy atom. The highest BCUT2D eigenvalue weighted by atomic mass is 16.5. The molecule has 1 aromatic rings. The Hall–Kier alpha value is -1.45. The van der Waals surface area contributed by atoms with Gasteiger partial charge in [0.25, 0.3) is 0 Å². The molecule has 1 heterocycles. The van der Waals surface area contributed by atoms with Gasteiger partial charge in [-0.2, -0.15) is 4.98 Å². The number of aromatic nitrogens is 1. The topological polar surface area (TPSA) is 51.4 Å². The van der Waals surface area contributed by atoms with E-state index in [2.05, 4.69) is 16.8 Å². The molecule has 0 amide bonds. The summed E-state index contributed by atoms with van der Waals surface area (Å²) in [6, 6.07) is 4.47. The van der Waals surface area contributed by atoms with Gasteiger partial charge in [-0.05, 0) is 31.9 Å². The van der Waals surface area contributed by atoms with Crippen LogP contribution < -0.4 is 15.4 Å². The first kappa shape index (κ1) is 10.1. The number of hydrogen-bond donors (Lipinski definition) is 1. The van der Waals surface area contributed by atoms with Crippen molar-refractivity contribution in [3.63, 3.8) is 0 Å². The second-order valence-electron chi connectivity index (χ2n) is 3.79. The van der Waals surface area contributed by atoms with E-state index in [9.17, 15) is 0 Å². The summed E-state index contributed by atoms with van der Waals surface area (Å²) >= 11 is 0. The number of nitrogen functional groups attached to an aromatic ring is 1. The number of methoxy groups -OCH3 is 1. The molecule has 0 atom stereocenters. The molecule has 4 nitrogen and oxygen atoms in total. The van der Waals surface area contributed by atoms with Gasteiger partial charge in [-0.3, -0.25) is 0 Å². The molecule has 0 spiro atoms. The first-order valence-corrected chi connectivity index (χ1v) is 5.33. The molecule has 4 heteroatoms. The van der Waals surface area contributed by atoms with Crippen LogP contribution in [0.5, 0.6) is 5.88 Å². The fourth-order valence-electron chi connectivity index (χ4n) is 1.76. The van der Waals surface area contributed by atoms with Crippen molar-refractivity contribution < 1.29 is 4.74 Å². The molecule has 2 rings (SSSR count). The quantitative estimate of drug-likeness (QED) is 0.815. The molecule has 0 aliphatic heterocycles. The monoisotopic (exact) mass is 207 g/mol. The summed E-state index contributed by atoms with van der Waals surface area (Å²) in [5.74, 6) is 1.48. The van der Waals surface area contributed by atoms with Crippen molar-refractivity contribution in [2.75, 3.05) is 24.3 Å². The van der Waals surface area contributed by atoms with E-state index in [1.165, 1.54) is 12.8 Å². The van der Waals surface area contributed by atoms with E-state index in [4.69, 9.17) is 10.5 Å². The standard InChI is InChI=1S/C11H17N3O/c1-3-14(8-4-5-8)10-7-6-9(12)11(13-10)15-2/h6-8H,3-5,12H2,1-2H3. The fourth-order valence-corrected chi connectivity index (χ4v) is 1.76. The Bertz CT molecular complexity index is 350. The second-order valence-corrected chi connectivity index (χ2v) is 3.79. The van der Waals surface area contributed by atoms with Crippen molar-refractivity contribution in [2.24, 2.45) is 0 Å². The fraction of sp³-hybridized carbons (Fsp3) is 0.545. The Labute approximate surface area is 90.0 Å². The van der Waals surface area contributed by atoms with Crippen molar-refractivity contribution in [1.82, 2.24) is 4.98 Å². The third-order valence-corrected chi connectivity index (χ3v) is 2.69. The molecular weight excluding hydrogens is 190 g/mol. The SMILES string of the molecule is CCN(c1ccc(N)c(OC)n1)C1CC1. The smallest absolute Gasteiger partial charge is 0.238 e. The lowest BCUT2D eigenvalue weighted by molar-refractivity contribution is 0.400. The molecule has 82 valence electrons. The molecule has 1 aromatic heterocycles. The molecule has 1 saturated carbocycles. The molecule has 1 fully saturated rings. The van der Waals surface area contributed by atoms with Gasteiger partial charge in [0.1, 0.15) is 5.82 Å². The third kappa shape index (κ3) is 1.98. The summed E-state index contributed by atoms with van der Waals surface area (Å²) in [5.41, 5.74) is 6.32. The summed E-state index contributed by atoms with van der Waals surface area (Å²) < 4.78 is 5.12. The van der Waals surface area contributed by atoms with Crippen molar-refractivity contribution in [1.29, 1.82) is 0 Å². The van der Waals surface area contributed by atoms with Crippen LogP contribution in [-0.2, 0) is 0 Å². The van der Waals surface area contributed by atoms with Crippen molar-refractivity contribution in [3.8, 4) is 5.88 Å². The van der Waals surface area contributed by atoms with Crippen LogP contribution in [0.15, 0.2) is 12.1 Å². The van der Waals surface area contributed by atoms with E-state index in [0.29, 0.717) is 17.6 Å². The van der Waals surface area contributed by atoms with Gasteiger partial charge in [0.15, 0.2) is 0 Å². The van der Waals surface area contributed by atoms with Crippen LogP contribution in [0.1, 0.15) is 19.8 Å². The predicted octanol–water partition coefficient (Wildman–Crippen LogP) is 1.66. The van der Waals surface area contributed by atoms with E-state index >= 15 is 0 Å². The van der Waals surface area contributed by atoms with Crippen LogP contribution in [0.3, 0.4) is 0 Å². The minimum absolute atomic E-state index is 0.520. The van der Waals surface area contributed by atoms with Gasteiger partial charge in [-0.1, -0.05) is 0 Å². The lowest BCUT2D eigenvalue weighted by atomic mass is 10.3. The van der Waals surface area contributed by atoms with Crippen LogP contribution >= 0.6 is 0 Å². The summed E-state index contributed by atoms with van der Waals surface area (Å²) in [5, 5.41) is 0. The molecule has 2 N–H and O–H groups in total. The summed E-state index contributed by atoms with van der Waals surface area (Å²) in [6.45, 7) is 3.12. The molecule has 1 aliphatic rings. The Kier molecular flexibility index (Phi) is 2.66. The molecule has 0 bridgehead atoms. The van der Waals surface area contributed by atoms with Crippen LogP contribution in [-0.4, -0.2) is 24.7 Å². The van der Waals surface area contributed by atoms with E-state index < -0.39 is 0 Å². The highest BCUT2D eigenvalue weighted by Gasteiger charge is 2.29. The van der Waals surface area contributed by atoms with Crippen LogP contribution in [0.4, 0.5) is 11.5 Å². The van der Waals surface area contributed by atoms with Gasteiger partial charge in [0, 0.05) is 12.6 Å². The zero-order valence-corrected chi connectivity index (χ0v) is 9.23. The largest absolute Gasteiger partial charge is 0.479 e. The van der Waals surface area contributed by atoms with E-state index in [0.717, 1.165) is 12.4 Å². The third-order valence-electron chi connectivity index (χ3n) is 2.69. The normalized spacial score (nSPS) is 15.1. The number of hydrogen-bond acceptors (Lipinski definition) is 4. The average molecular weight is 207 g/mol. The highest BCUT2D eigenvalue weighted by molar-refractivity contribution is 5.55. The maximum atomic E-state index is 5.73. The maximum Gasteiger partial charge on any atom is 0.238 e. The maximum absolute atomic E-state index is 5.73. The van der Waals surface area contributed by atoms with E-state index in [1.807, 2.05) is 12.1 Å². The average Bonchev–Trinajstić information content (AvgIpc) is 3.06. The minimum atomic E-state index is 0.520. The Morgan fingerprint density at radius 1 is 1.53 bits per heavy atom. The first-order valence-electron chi connectivity index (χ1n) is 5.33. The van der Waals surface area contributed by atoms with Crippen molar-refractivity contribution >= 4 is 11.5 Å². The molecule has 15 heavy (non-hydrogen) atoms. The summed E-state index contributed by atoms with van der Waals surface area (Å²) in [6.07, 6.45) is 2.53. The van der Waals surface area contributed by atoms with Crippen molar-refractivity contribution in [2.45, 2.75) is 25.8 Å². The second kappa shape index (κ2) is 3.96. The molecule has 0 aromatic carbocycles. The van der Waals surface area contributed by atoms with Crippen molar-refractivity contribution in [3.05, 3.63) is 12.1 Å². The van der Waals surface area contributed by atoms with Crippen LogP contribution in [0.2, 0.25) is 0 Å².